The minimum Gasteiger partial charge on any atom is -0.334 e. The first-order valence-corrected chi connectivity index (χ1v) is 12.2. The Morgan fingerprint density at radius 3 is 2.30 bits per heavy atom. The highest BCUT2D eigenvalue weighted by Crippen LogP contribution is 2.32. The van der Waals surface area contributed by atoms with Crippen LogP contribution < -0.4 is 0 Å². The third-order valence-electron chi connectivity index (χ3n) is 5.17. The van der Waals surface area contributed by atoms with E-state index in [4.69, 9.17) is 0 Å². The topological polar surface area (TPSA) is 110 Å². The van der Waals surface area contributed by atoms with Gasteiger partial charge in [-0.3, -0.25) is 9.48 Å². The molecule has 0 radical (unpaired) electrons. The lowest BCUT2D eigenvalue weighted by Gasteiger charge is -2.28. The minimum atomic E-state index is -3.66. The van der Waals surface area contributed by atoms with E-state index in [0.29, 0.717) is 17.8 Å². The van der Waals surface area contributed by atoms with Crippen molar-refractivity contribution in [2.24, 2.45) is 0 Å². The van der Waals surface area contributed by atoms with Crippen LogP contribution in [0.15, 0.2) is 4.90 Å². The number of hydrogen-bond donors (Lipinski definition) is 0. The molecule has 1 atom stereocenters. The minimum absolute atomic E-state index is 0.00656. The molecule has 2 fully saturated rings. The van der Waals surface area contributed by atoms with Gasteiger partial charge in [0.25, 0.3) is 0 Å². The first-order valence-electron chi connectivity index (χ1n) is 8.92. The van der Waals surface area contributed by atoms with Crippen molar-refractivity contribution in [1.29, 1.82) is 0 Å². The highest BCUT2D eigenvalue weighted by Gasteiger charge is 2.42. The van der Waals surface area contributed by atoms with Gasteiger partial charge < -0.3 is 4.90 Å². The quantitative estimate of drug-likeness (QED) is 0.640. The fourth-order valence-electron chi connectivity index (χ4n) is 3.65. The molecule has 9 nitrogen and oxygen atoms in total. The molecule has 1 amide bonds. The summed E-state index contributed by atoms with van der Waals surface area (Å²) in [5.74, 6) is -0.0923. The van der Waals surface area contributed by atoms with Crippen molar-refractivity contribution in [3.63, 3.8) is 0 Å². The smallest absolute Gasteiger partial charge is 0.246 e. The largest absolute Gasteiger partial charge is 0.334 e. The maximum atomic E-state index is 13.0. The zero-order chi connectivity index (χ0) is 20.1. The number of amides is 1. The molecule has 11 heteroatoms. The van der Waals surface area contributed by atoms with Crippen molar-refractivity contribution in [2.45, 2.75) is 56.6 Å². The van der Waals surface area contributed by atoms with Gasteiger partial charge in [0.15, 0.2) is 9.84 Å². The van der Waals surface area contributed by atoms with Crippen molar-refractivity contribution < 1.29 is 21.6 Å². The van der Waals surface area contributed by atoms with Gasteiger partial charge in [0, 0.05) is 26.2 Å². The predicted octanol–water partition coefficient (Wildman–Crippen LogP) is -0.0717. The molecular formula is C16H26N4O5S2. The second kappa shape index (κ2) is 6.85. The molecule has 1 aliphatic heterocycles. The van der Waals surface area contributed by atoms with Crippen LogP contribution in [0, 0.1) is 13.8 Å². The molecule has 0 spiro atoms. The summed E-state index contributed by atoms with van der Waals surface area (Å²) in [7, 11) is -3.86. The highest BCUT2D eigenvalue weighted by atomic mass is 32.2. The van der Waals surface area contributed by atoms with E-state index in [1.54, 1.807) is 18.7 Å². The van der Waals surface area contributed by atoms with Crippen LogP contribution in [0.2, 0.25) is 0 Å². The Morgan fingerprint density at radius 2 is 1.81 bits per heavy atom. The van der Waals surface area contributed by atoms with E-state index >= 15 is 0 Å². The van der Waals surface area contributed by atoms with E-state index in [0.717, 1.165) is 17.1 Å². The molecule has 152 valence electrons. The zero-order valence-electron chi connectivity index (χ0n) is 16.0. The highest BCUT2D eigenvalue weighted by molar-refractivity contribution is 7.91. The van der Waals surface area contributed by atoms with Crippen molar-refractivity contribution in [1.82, 2.24) is 19.0 Å². The molecule has 27 heavy (non-hydrogen) atoms. The predicted molar refractivity (Wildman–Crippen MR) is 99.5 cm³/mol. The number of rotatable bonds is 6. The molecule has 1 saturated heterocycles. The van der Waals surface area contributed by atoms with E-state index < -0.39 is 19.9 Å². The van der Waals surface area contributed by atoms with Gasteiger partial charge in [0.1, 0.15) is 11.4 Å². The van der Waals surface area contributed by atoms with Crippen molar-refractivity contribution >= 4 is 25.8 Å². The summed E-state index contributed by atoms with van der Waals surface area (Å²) in [6.45, 7) is 3.14. The standard InChI is InChI=1S/C16H26N4O5S2/c1-11-16(27(24,25)18(3)4)12(2)19(17-11)9-15(21)20(13-5-6-13)14-7-8-26(22,23)10-14/h13-14H,5-10H2,1-4H3/t14-/m1/s1. The van der Waals surface area contributed by atoms with Gasteiger partial charge in [-0.25, -0.2) is 21.1 Å². The summed E-state index contributed by atoms with van der Waals surface area (Å²) >= 11 is 0. The van der Waals surface area contributed by atoms with Crippen LogP contribution >= 0.6 is 0 Å². The van der Waals surface area contributed by atoms with Crippen LogP contribution in [-0.2, 0) is 31.2 Å². The van der Waals surface area contributed by atoms with Crippen LogP contribution in [0.5, 0.6) is 0 Å². The number of sulfonamides is 1. The van der Waals surface area contributed by atoms with Gasteiger partial charge in [0.2, 0.25) is 15.9 Å². The zero-order valence-corrected chi connectivity index (χ0v) is 17.7. The molecule has 0 aromatic carbocycles. The molecule has 0 bridgehead atoms. The third-order valence-corrected chi connectivity index (χ3v) is 8.99. The SMILES string of the molecule is Cc1nn(CC(=O)N(C2CC2)[C@@H]2CCS(=O)(=O)C2)c(C)c1S(=O)(=O)N(C)C. The van der Waals surface area contributed by atoms with Crippen LogP contribution in [0.3, 0.4) is 0 Å². The summed E-state index contributed by atoms with van der Waals surface area (Å²) < 4.78 is 51.2. The normalized spacial score (nSPS) is 22.3. The van der Waals surface area contributed by atoms with E-state index in [1.807, 2.05) is 0 Å². The molecular weight excluding hydrogens is 392 g/mol. The van der Waals surface area contributed by atoms with Crippen LogP contribution in [0.1, 0.15) is 30.7 Å². The Balaban J connectivity index is 1.85. The summed E-state index contributed by atoms with van der Waals surface area (Å²) in [5.41, 5.74) is 0.750. The Hall–Kier alpha value is -1.46. The monoisotopic (exact) mass is 418 g/mol. The summed E-state index contributed by atoms with van der Waals surface area (Å²) in [6, 6.07) is -0.213. The molecule has 1 saturated carbocycles. The summed E-state index contributed by atoms with van der Waals surface area (Å²) in [6.07, 6.45) is 2.21. The average molecular weight is 419 g/mol. The van der Waals surface area contributed by atoms with E-state index in [-0.39, 0.29) is 40.9 Å². The molecule has 2 aliphatic rings. The van der Waals surface area contributed by atoms with Gasteiger partial charge in [-0.05, 0) is 33.1 Å². The van der Waals surface area contributed by atoms with Crippen LogP contribution in [-0.4, -0.2) is 79.4 Å². The fourth-order valence-corrected chi connectivity index (χ4v) is 6.62. The number of carbonyl (C=O) groups excluding carboxylic acids is 1. The molecule has 0 unspecified atom stereocenters. The average Bonchev–Trinajstić information content (AvgIpc) is 3.23. The van der Waals surface area contributed by atoms with E-state index in [2.05, 4.69) is 5.10 Å². The van der Waals surface area contributed by atoms with Crippen molar-refractivity contribution in [3.05, 3.63) is 11.4 Å². The van der Waals surface area contributed by atoms with Crippen molar-refractivity contribution in [2.75, 3.05) is 25.6 Å². The lowest BCUT2D eigenvalue weighted by Crippen LogP contribution is -2.44. The van der Waals surface area contributed by atoms with Gasteiger partial charge in [0.05, 0.1) is 22.9 Å². The number of aryl methyl sites for hydroxylation is 1. The number of nitrogens with zero attached hydrogens (tertiary/aromatic N) is 4. The summed E-state index contributed by atoms with van der Waals surface area (Å²) in [4.78, 5) is 14.8. The number of carbonyl (C=O) groups is 1. The van der Waals surface area contributed by atoms with Crippen molar-refractivity contribution in [3.8, 4) is 0 Å². The third kappa shape index (κ3) is 3.90. The molecule has 0 N–H and O–H groups in total. The first-order chi connectivity index (χ1) is 12.4. The van der Waals surface area contributed by atoms with E-state index in [9.17, 15) is 21.6 Å². The number of aromatic nitrogens is 2. The molecule has 1 aromatic heterocycles. The Morgan fingerprint density at radius 1 is 1.19 bits per heavy atom. The maximum Gasteiger partial charge on any atom is 0.246 e. The fraction of sp³-hybridized carbons (Fsp3) is 0.750. The number of hydrogen-bond acceptors (Lipinski definition) is 6. The van der Waals surface area contributed by atoms with Crippen LogP contribution in [0.25, 0.3) is 0 Å². The Kier molecular flexibility index (Phi) is 5.15. The van der Waals surface area contributed by atoms with Gasteiger partial charge in [-0.15, -0.1) is 0 Å². The maximum absolute atomic E-state index is 13.0. The van der Waals surface area contributed by atoms with Gasteiger partial charge >= 0.3 is 0 Å². The van der Waals surface area contributed by atoms with E-state index in [1.165, 1.54) is 18.8 Å². The first kappa shape index (κ1) is 20.3. The van der Waals surface area contributed by atoms with Gasteiger partial charge in [-0.2, -0.15) is 5.10 Å². The molecule has 1 aromatic rings. The summed E-state index contributed by atoms with van der Waals surface area (Å²) in [5, 5.41) is 4.26. The molecule has 2 heterocycles. The molecule has 3 rings (SSSR count). The Labute approximate surface area is 160 Å². The van der Waals surface area contributed by atoms with Crippen LogP contribution in [0.4, 0.5) is 0 Å². The second-order valence-corrected chi connectivity index (χ2v) is 11.9. The Bertz CT molecular complexity index is 961. The second-order valence-electron chi connectivity index (χ2n) is 7.53. The lowest BCUT2D eigenvalue weighted by atomic mass is 10.2. The molecule has 1 aliphatic carbocycles. The van der Waals surface area contributed by atoms with Gasteiger partial charge in [-0.1, -0.05) is 0 Å². The lowest BCUT2D eigenvalue weighted by molar-refractivity contribution is -0.134. The number of sulfone groups is 1.